The van der Waals surface area contributed by atoms with Crippen LogP contribution in [0.1, 0.15) is 22.6 Å². The molecule has 0 amide bonds. The lowest BCUT2D eigenvalue weighted by molar-refractivity contribution is 0.761. The second kappa shape index (κ2) is 12.7. The van der Waals surface area contributed by atoms with Gasteiger partial charge in [0, 0.05) is 49.1 Å². The third kappa shape index (κ3) is 5.29. The zero-order valence-corrected chi connectivity index (χ0v) is 29.5. The van der Waals surface area contributed by atoms with Gasteiger partial charge in [-0.1, -0.05) is 151 Å². The Morgan fingerprint density at radius 2 is 1.18 bits per heavy atom. The highest BCUT2D eigenvalue weighted by atomic mass is 32.2. The van der Waals surface area contributed by atoms with Crippen molar-refractivity contribution in [3.05, 3.63) is 193 Å². The second-order valence-electron chi connectivity index (χ2n) is 13.2. The van der Waals surface area contributed by atoms with Crippen molar-refractivity contribution in [3.8, 4) is 22.3 Å². The molecule has 2 nitrogen and oxygen atoms in total. The Labute approximate surface area is 308 Å². The summed E-state index contributed by atoms with van der Waals surface area (Å²) in [6.07, 6.45) is 13.5. The fourth-order valence-electron chi connectivity index (χ4n) is 8.00. The second-order valence-corrected chi connectivity index (χ2v) is 15.4. The Bertz CT molecular complexity index is 2460. The van der Waals surface area contributed by atoms with Crippen LogP contribution in [0.25, 0.3) is 33.5 Å². The van der Waals surface area contributed by atoms with E-state index < -0.39 is 0 Å². The van der Waals surface area contributed by atoms with Gasteiger partial charge in [0.2, 0.25) is 0 Å². The lowest BCUT2D eigenvalue weighted by Crippen LogP contribution is -2.32. The number of fused-ring (bicyclic) bond motifs is 9. The van der Waals surface area contributed by atoms with Crippen LogP contribution < -0.4 is 10.2 Å². The van der Waals surface area contributed by atoms with Crippen LogP contribution in [-0.2, 0) is 0 Å². The van der Waals surface area contributed by atoms with Gasteiger partial charge in [-0.3, -0.25) is 0 Å². The molecule has 0 spiro atoms. The van der Waals surface area contributed by atoms with E-state index in [0.29, 0.717) is 0 Å². The minimum atomic E-state index is 0.156. The summed E-state index contributed by atoms with van der Waals surface area (Å²) >= 11 is 3.76. The molecule has 3 aliphatic heterocycles. The van der Waals surface area contributed by atoms with E-state index in [1.165, 1.54) is 75.5 Å². The largest absolute Gasteiger partial charge is 0.381 e. The van der Waals surface area contributed by atoms with Gasteiger partial charge < -0.3 is 10.2 Å². The molecule has 4 heteroatoms. The van der Waals surface area contributed by atoms with Crippen LogP contribution in [0, 0.1) is 0 Å². The van der Waals surface area contributed by atoms with Crippen LogP contribution in [0.5, 0.6) is 0 Å². The van der Waals surface area contributed by atoms with Gasteiger partial charge in [0.1, 0.15) is 0 Å². The fourth-order valence-corrected chi connectivity index (χ4v) is 10.3. The van der Waals surface area contributed by atoms with Crippen LogP contribution in [-0.4, -0.2) is 12.6 Å². The average Bonchev–Trinajstić information content (AvgIpc) is 3.54. The average molecular weight is 691 g/mol. The number of nitrogens with zero attached hydrogens (tertiary/aromatic N) is 1. The first-order valence-electron chi connectivity index (χ1n) is 17.6. The van der Waals surface area contributed by atoms with E-state index in [0.717, 1.165) is 12.2 Å². The Kier molecular flexibility index (Phi) is 7.59. The molecule has 3 heterocycles. The smallest absolute Gasteiger partial charge is 0.0701 e. The maximum atomic E-state index is 3.58. The van der Waals surface area contributed by atoms with E-state index in [1.54, 1.807) is 0 Å². The molecule has 1 aliphatic carbocycles. The molecule has 51 heavy (non-hydrogen) atoms. The van der Waals surface area contributed by atoms with Crippen molar-refractivity contribution in [2.75, 3.05) is 11.4 Å². The van der Waals surface area contributed by atoms with Gasteiger partial charge in [-0.05, 0) is 93.1 Å². The fraction of sp³-hybridized carbons (Fsp3) is 0.0638. The number of anilines is 2. The normalized spacial score (nSPS) is 18.2. The molecule has 244 valence electrons. The zero-order chi connectivity index (χ0) is 33.7. The molecule has 0 saturated heterocycles. The van der Waals surface area contributed by atoms with Gasteiger partial charge in [0.25, 0.3) is 0 Å². The van der Waals surface area contributed by atoms with E-state index in [4.69, 9.17) is 0 Å². The van der Waals surface area contributed by atoms with Crippen molar-refractivity contribution >= 4 is 46.2 Å². The standard InChI is InChI=1S/C47H34N2S2/c1-2-13-33(14-3-1)49-42-21-7-4-15-35(42)40-19-12-18-34(47(40)49)31-24-26-38-36-16-5-8-22-43(36)50-44-23-9-6-17-37(44)39-27-25-32(41-20-10-11-28-48-41)30-46(39)51-45(38)29-31/h1-27,29-30,40,47-48H,28H2. The molecule has 0 fully saturated rings. The Morgan fingerprint density at radius 3 is 1.92 bits per heavy atom. The predicted molar refractivity (Wildman–Crippen MR) is 216 cm³/mol. The van der Waals surface area contributed by atoms with Crippen molar-refractivity contribution < 1.29 is 0 Å². The minimum absolute atomic E-state index is 0.156. The maximum absolute atomic E-state index is 3.58. The maximum Gasteiger partial charge on any atom is 0.0701 e. The van der Waals surface area contributed by atoms with Crippen molar-refractivity contribution in [1.82, 2.24) is 5.32 Å². The molecule has 0 radical (unpaired) electrons. The van der Waals surface area contributed by atoms with Crippen molar-refractivity contribution in [3.63, 3.8) is 0 Å². The Hall–Kier alpha value is -5.42. The number of hydrogen-bond acceptors (Lipinski definition) is 4. The summed E-state index contributed by atoms with van der Waals surface area (Å²) in [5.41, 5.74) is 13.9. The number of rotatable bonds is 3. The summed E-state index contributed by atoms with van der Waals surface area (Å²) in [6, 6.07) is 51.9. The van der Waals surface area contributed by atoms with Gasteiger partial charge in [-0.2, -0.15) is 0 Å². The summed E-state index contributed by atoms with van der Waals surface area (Å²) in [5, 5.41) is 3.58. The van der Waals surface area contributed by atoms with E-state index in [2.05, 4.69) is 186 Å². The van der Waals surface area contributed by atoms with Gasteiger partial charge in [-0.15, -0.1) is 0 Å². The van der Waals surface area contributed by atoms with Crippen LogP contribution in [0.15, 0.2) is 196 Å². The number of dihydropyridines is 1. The van der Waals surface area contributed by atoms with Gasteiger partial charge >= 0.3 is 0 Å². The molecule has 4 aliphatic rings. The van der Waals surface area contributed by atoms with Crippen molar-refractivity contribution in [1.29, 1.82) is 0 Å². The monoisotopic (exact) mass is 690 g/mol. The quantitative estimate of drug-likeness (QED) is 0.198. The van der Waals surface area contributed by atoms with Gasteiger partial charge in [-0.25, -0.2) is 0 Å². The number of allylic oxidation sites excluding steroid dienone is 4. The van der Waals surface area contributed by atoms with Crippen molar-refractivity contribution in [2.45, 2.75) is 31.5 Å². The molecule has 1 N–H and O–H groups in total. The third-order valence-electron chi connectivity index (χ3n) is 10.3. The number of para-hydroxylation sites is 2. The molecule has 0 aromatic heterocycles. The number of benzene rings is 6. The van der Waals surface area contributed by atoms with Gasteiger partial charge in [0.05, 0.1) is 6.04 Å². The third-order valence-corrected chi connectivity index (χ3v) is 12.6. The zero-order valence-electron chi connectivity index (χ0n) is 27.9. The molecular formula is C47H34N2S2. The topological polar surface area (TPSA) is 15.3 Å². The summed E-state index contributed by atoms with van der Waals surface area (Å²) in [5.74, 6) is 0.269. The lowest BCUT2D eigenvalue weighted by atomic mass is 9.83. The van der Waals surface area contributed by atoms with E-state index in [-0.39, 0.29) is 12.0 Å². The SMILES string of the molecule is C1=CCNC(c2ccc3c(c2)Sc2cc(C4=CC=CC5c6ccccc6N(c6ccccc6)C45)ccc2-c2ccccc2Sc2ccccc2-3)=C1. The first-order valence-corrected chi connectivity index (χ1v) is 19.2. The highest BCUT2D eigenvalue weighted by Gasteiger charge is 2.41. The first kappa shape index (κ1) is 30.4. The summed E-state index contributed by atoms with van der Waals surface area (Å²) < 4.78 is 0. The molecule has 10 rings (SSSR count). The predicted octanol–water partition coefficient (Wildman–Crippen LogP) is 12.4. The van der Waals surface area contributed by atoms with E-state index in [1.807, 2.05) is 23.5 Å². The number of nitrogens with one attached hydrogen (secondary N) is 1. The first-order chi connectivity index (χ1) is 25.3. The van der Waals surface area contributed by atoms with Crippen LogP contribution in [0.3, 0.4) is 0 Å². The molecule has 6 aromatic carbocycles. The molecule has 2 unspecified atom stereocenters. The summed E-state index contributed by atoms with van der Waals surface area (Å²) in [4.78, 5) is 7.61. The summed E-state index contributed by atoms with van der Waals surface area (Å²) in [6.45, 7) is 0.841. The van der Waals surface area contributed by atoms with E-state index in [9.17, 15) is 0 Å². The lowest BCUT2D eigenvalue weighted by Gasteiger charge is -2.34. The van der Waals surface area contributed by atoms with E-state index >= 15 is 0 Å². The molecular weight excluding hydrogens is 657 g/mol. The Morgan fingerprint density at radius 1 is 0.549 bits per heavy atom. The molecule has 0 bridgehead atoms. The van der Waals surface area contributed by atoms with Crippen LogP contribution in [0.4, 0.5) is 11.4 Å². The molecule has 2 atom stereocenters. The number of hydrogen-bond donors (Lipinski definition) is 1. The van der Waals surface area contributed by atoms with Crippen LogP contribution >= 0.6 is 23.5 Å². The Balaban J connectivity index is 1.16. The highest BCUT2D eigenvalue weighted by Crippen LogP contribution is 2.53. The van der Waals surface area contributed by atoms with Crippen LogP contribution in [0.2, 0.25) is 0 Å². The summed E-state index contributed by atoms with van der Waals surface area (Å²) in [7, 11) is 0. The molecule has 6 aromatic rings. The molecule has 0 saturated carbocycles. The highest BCUT2D eigenvalue weighted by molar-refractivity contribution is 8.00. The minimum Gasteiger partial charge on any atom is -0.381 e. The van der Waals surface area contributed by atoms with Crippen molar-refractivity contribution in [2.24, 2.45) is 0 Å². The van der Waals surface area contributed by atoms with Gasteiger partial charge in [0.15, 0.2) is 0 Å².